The molecule has 1 atom stereocenters. The molecule has 1 rings (SSSR count). The number of hydrogen-bond acceptors (Lipinski definition) is 1. The van der Waals surface area contributed by atoms with E-state index in [1.807, 2.05) is 30.3 Å². The summed E-state index contributed by atoms with van der Waals surface area (Å²) >= 11 is 6.29. The number of benzene rings is 1. The molecule has 0 aliphatic heterocycles. The molecule has 0 radical (unpaired) electrons. The number of unbranched alkanes of at least 4 members (excludes halogenated alkanes) is 5. The summed E-state index contributed by atoms with van der Waals surface area (Å²) in [5.74, 6) is 0.987. The Morgan fingerprint density at radius 1 is 1.06 bits per heavy atom. The molecular formula is C14H22BrIOSi. The van der Waals surface area contributed by atoms with E-state index in [0.29, 0.717) is 0 Å². The zero-order chi connectivity index (χ0) is 13.3. The molecule has 4 heteroatoms. The largest absolute Gasteiger partial charge is 0.525 e. The molecule has 0 aromatic heterocycles. The van der Waals surface area contributed by atoms with Gasteiger partial charge in [0.1, 0.15) is 5.75 Å². The van der Waals surface area contributed by atoms with Crippen LogP contribution >= 0.6 is 37.1 Å². The van der Waals surface area contributed by atoms with E-state index in [9.17, 15) is 0 Å². The molecule has 0 saturated heterocycles. The fourth-order valence-electron chi connectivity index (χ4n) is 1.82. The van der Waals surface area contributed by atoms with Crippen LogP contribution in [-0.4, -0.2) is 4.43 Å². The zero-order valence-corrected chi connectivity index (χ0v) is 15.7. The Labute approximate surface area is 133 Å². The van der Waals surface area contributed by atoms with Crippen LogP contribution in [-0.2, 0) is 0 Å². The molecule has 0 spiro atoms. The second-order valence-corrected chi connectivity index (χ2v) is 20.1. The van der Waals surface area contributed by atoms with E-state index in [-0.39, 0.29) is 0 Å². The number of rotatable bonds is 9. The van der Waals surface area contributed by atoms with Gasteiger partial charge in [0, 0.05) is 0 Å². The SMILES string of the molecule is CCCCCCCC[Si](Br)(I)Oc1ccccc1. The third-order valence-corrected chi connectivity index (χ3v) is 8.26. The second kappa shape index (κ2) is 9.37. The number of hydrogen-bond donors (Lipinski definition) is 0. The van der Waals surface area contributed by atoms with Crippen LogP contribution in [0.3, 0.4) is 0 Å². The minimum Gasteiger partial charge on any atom is -0.525 e. The van der Waals surface area contributed by atoms with E-state index in [4.69, 9.17) is 4.43 Å². The molecule has 1 aromatic rings. The van der Waals surface area contributed by atoms with Crippen molar-refractivity contribution in [3.63, 3.8) is 0 Å². The van der Waals surface area contributed by atoms with Gasteiger partial charge in [0.15, 0.2) is 0 Å². The summed E-state index contributed by atoms with van der Waals surface area (Å²) in [6, 6.07) is 11.3. The Morgan fingerprint density at radius 3 is 2.33 bits per heavy atom. The summed E-state index contributed by atoms with van der Waals surface area (Å²) in [4.78, 5) is 0. The van der Waals surface area contributed by atoms with E-state index >= 15 is 0 Å². The van der Waals surface area contributed by atoms with E-state index in [0.717, 1.165) is 5.75 Å². The summed E-state index contributed by atoms with van der Waals surface area (Å²) in [6.45, 7) is 2.26. The zero-order valence-electron chi connectivity index (χ0n) is 11.0. The highest BCUT2D eigenvalue weighted by Gasteiger charge is 2.29. The van der Waals surface area contributed by atoms with Crippen LogP contribution in [0, 0.1) is 0 Å². The summed E-state index contributed by atoms with van der Waals surface area (Å²) < 4.78 is 4.34. The van der Waals surface area contributed by atoms with Crippen molar-refractivity contribution in [3.8, 4) is 5.75 Å². The predicted molar refractivity (Wildman–Crippen MR) is 94.0 cm³/mol. The summed E-state index contributed by atoms with van der Waals surface area (Å²) in [5, 5.41) is 0. The van der Waals surface area contributed by atoms with Gasteiger partial charge >= 0.3 is 4.43 Å². The van der Waals surface area contributed by atoms with Gasteiger partial charge < -0.3 is 4.43 Å². The van der Waals surface area contributed by atoms with Crippen molar-refractivity contribution in [2.75, 3.05) is 0 Å². The number of para-hydroxylation sites is 1. The fourth-order valence-corrected chi connectivity index (χ4v) is 6.38. The Bertz CT molecular complexity index is 319. The van der Waals surface area contributed by atoms with Crippen LogP contribution in [0.4, 0.5) is 0 Å². The lowest BCUT2D eigenvalue weighted by molar-refractivity contribution is 0.570. The van der Waals surface area contributed by atoms with Gasteiger partial charge in [0.05, 0.1) is 0 Å². The molecule has 18 heavy (non-hydrogen) atoms. The summed E-state index contributed by atoms with van der Waals surface area (Å²) in [6.07, 6.45) is 8.06. The van der Waals surface area contributed by atoms with Gasteiger partial charge in [-0.25, -0.2) is 0 Å². The maximum absolute atomic E-state index is 6.07. The van der Waals surface area contributed by atoms with Crippen molar-refractivity contribution < 1.29 is 4.43 Å². The lowest BCUT2D eigenvalue weighted by Gasteiger charge is -2.19. The van der Waals surface area contributed by atoms with Crippen LogP contribution in [0.15, 0.2) is 30.3 Å². The van der Waals surface area contributed by atoms with Gasteiger partial charge in [-0.15, -0.1) is 0 Å². The first kappa shape index (κ1) is 16.5. The second-order valence-electron chi connectivity index (χ2n) is 4.57. The highest BCUT2D eigenvalue weighted by Crippen LogP contribution is 2.31. The average Bonchev–Trinajstić information content (AvgIpc) is 2.34. The molecule has 0 aliphatic carbocycles. The quantitative estimate of drug-likeness (QED) is 0.192. The standard InChI is InChI=1S/C14H22BrIOSi/c1-2-3-4-5-6-10-13-18(15,16)17-14-11-8-7-9-12-14/h7-9,11-12H,2-6,10,13H2,1H3. The minimum absolute atomic E-state index is 0.987. The first-order chi connectivity index (χ1) is 8.64. The molecular weight excluding hydrogens is 419 g/mol. The van der Waals surface area contributed by atoms with Crippen molar-refractivity contribution >= 4 is 41.5 Å². The van der Waals surface area contributed by atoms with Crippen LogP contribution < -0.4 is 4.43 Å². The first-order valence-corrected chi connectivity index (χ1v) is 14.2. The molecule has 0 aliphatic rings. The Balaban J connectivity index is 2.19. The normalized spacial score (nSPS) is 14.2. The van der Waals surface area contributed by atoms with E-state index in [2.05, 4.69) is 44.0 Å². The monoisotopic (exact) mass is 440 g/mol. The molecule has 1 aromatic carbocycles. The van der Waals surface area contributed by atoms with Gasteiger partial charge in [0.25, 0.3) is 0 Å². The Morgan fingerprint density at radius 2 is 1.67 bits per heavy atom. The fraction of sp³-hybridized carbons (Fsp3) is 0.571. The van der Waals surface area contributed by atoms with Crippen molar-refractivity contribution in [1.82, 2.24) is 0 Å². The van der Waals surface area contributed by atoms with E-state index in [1.165, 1.54) is 44.6 Å². The average molecular weight is 441 g/mol. The van der Waals surface area contributed by atoms with Gasteiger partial charge in [0.2, 0.25) is 0 Å². The Hall–Kier alpha value is 0.447. The van der Waals surface area contributed by atoms with Crippen LogP contribution in [0.1, 0.15) is 45.4 Å². The third kappa shape index (κ3) is 7.79. The molecule has 0 saturated carbocycles. The lowest BCUT2D eigenvalue weighted by Crippen LogP contribution is -2.26. The summed E-state index contributed by atoms with van der Waals surface area (Å²) in [5.41, 5.74) is 0. The maximum Gasteiger partial charge on any atom is 0.387 e. The molecule has 0 heterocycles. The minimum atomic E-state index is -1.73. The molecule has 0 amide bonds. The molecule has 0 N–H and O–H groups in total. The van der Waals surface area contributed by atoms with E-state index < -0.39 is 4.43 Å². The number of halogens is 2. The Kier molecular flexibility index (Phi) is 8.59. The lowest BCUT2D eigenvalue weighted by atomic mass is 10.1. The third-order valence-electron chi connectivity index (χ3n) is 2.83. The van der Waals surface area contributed by atoms with Crippen LogP contribution in [0.2, 0.25) is 6.04 Å². The molecule has 1 unspecified atom stereocenters. The van der Waals surface area contributed by atoms with Crippen molar-refractivity contribution in [3.05, 3.63) is 30.3 Å². The van der Waals surface area contributed by atoms with Crippen LogP contribution in [0.25, 0.3) is 0 Å². The maximum atomic E-state index is 6.07. The smallest absolute Gasteiger partial charge is 0.387 e. The van der Waals surface area contributed by atoms with Crippen molar-refractivity contribution in [2.45, 2.75) is 51.5 Å². The highest BCUT2D eigenvalue weighted by molar-refractivity contribution is 14.1. The van der Waals surface area contributed by atoms with Crippen molar-refractivity contribution in [2.24, 2.45) is 0 Å². The molecule has 1 nitrogen and oxygen atoms in total. The van der Waals surface area contributed by atoms with E-state index in [1.54, 1.807) is 0 Å². The highest BCUT2D eigenvalue weighted by atomic mass is 127. The summed E-state index contributed by atoms with van der Waals surface area (Å²) in [7, 11) is 0. The van der Waals surface area contributed by atoms with Gasteiger partial charge in [-0.3, -0.25) is 0 Å². The van der Waals surface area contributed by atoms with Gasteiger partial charge in [-0.2, -0.15) is 0 Å². The van der Waals surface area contributed by atoms with Gasteiger partial charge in [-0.05, 0) is 18.2 Å². The first-order valence-electron chi connectivity index (χ1n) is 6.76. The van der Waals surface area contributed by atoms with Crippen LogP contribution in [0.5, 0.6) is 5.75 Å². The predicted octanol–water partition coefficient (Wildman–Crippen LogP) is 6.19. The topological polar surface area (TPSA) is 9.23 Å². The van der Waals surface area contributed by atoms with Gasteiger partial charge in [-0.1, -0.05) is 101 Å². The molecule has 0 bridgehead atoms. The molecule has 102 valence electrons. The molecule has 0 fully saturated rings. The van der Waals surface area contributed by atoms with Crippen molar-refractivity contribution in [1.29, 1.82) is 0 Å².